The van der Waals surface area contributed by atoms with Gasteiger partial charge >= 0.3 is 0 Å². The highest BCUT2D eigenvalue weighted by molar-refractivity contribution is 4.90. The quantitative estimate of drug-likeness (QED) is 0.166. The number of nitrogens with zero attached hydrogens (tertiary/aromatic N) is 2. The highest BCUT2D eigenvalue weighted by Gasteiger charge is 2.10. The van der Waals surface area contributed by atoms with Crippen molar-refractivity contribution >= 4 is 0 Å². The average molecular weight is 407 g/mol. The lowest BCUT2D eigenvalue weighted by atomic mass is 10.1. The van der Waals surface area contributed by atoms with Crippen LogP contribution >= 0.6 is 0 Å². The predicted octanol–water partition coefficient (Wildman–Crippen LogP) is 8.87. The van der Waals surface area contributed by atoms with E-state index in [-0.39, 0.29) is 0 Å². The van der Waals surface area contributed by atoms with Crippen LogP contribution in [-0.4, -0.2) is 29.6 Å². The van der Waals surface area contributed by atoms with Crippen molar-refractivity contribution in [2.24, 2.45) is 0 Å². The fourth-order valence-corrected chi connectivity index (χ4v) is 4.41. The molecule has 1 aliphatic heterocycles. The lowest BCUT2D eigenvalue weighted by Gasteiger charge is -2.21. The van der Waals surface area contributed by atoms with Crippen LogP contribution in [0.5, 0.6) is 0 Å². The van der Waals surface area contributed by atoms with Gasteiger partial charge in [-0.3, -0.25) is 0 Å². The van der Waals surface area contributed by atoms with Crippen LogP contribution in [0.25, 0.3) is 0 Å². The van der Waals surface area contributed by atoms with E-state index in [0.29, 0.717) is 0 Å². The maximum Gasteiger partial charge on any atom is 0.0893 e. The molecule has 0 radical (unpaired) electrons. The van der Waals surface area contributed by atoms with Gasteiger partial charge in [0.15, 0.2) is 0 Å². The Labute approximate surface area is 184 Å². The molecule has 0 atom stereocenters. The SMILES string of the molecule is CCCCCCCCCCCCCCN1C=CN(CCCCCCCCCC)C1. The summed E-state index contributed by atoms with van der Waals surface area (Å²) in [6.07, 6.45) is 33.2. The first kappa shape index (κ1) is 26.4. The molecule has 0 saturated heterocycles. The Morgan fingerprint density at radius 3 is 1.00 bits per heavy atom. The van der Waals surface area contributed by atoms with E-state index in [1.54, 1.807) is 0 Å². The zero-order valence-corrected chi connectivity index (χ0v) is 20.3. The summed E-state index contributed by atoms with van der Waals surface area (Å²) >= 11 is 0. The summed E-state index contributed by atoms with van der Waals surface area (Å²) in [6, 6.07) is 0. The summed E-state index contributed by atoms with van der Waals surface area (Å²) in [7, 11) is 0. The number of hydrogen-bond donors (Lipinski definition) is 0. The molecule has 1 rings (SSSR count). The number of hydrogen-bond acceptors (Lipinski definition) is 2. The van der Waals surface area contributed by atoms with Crippen molar-refractivity contribution in [1.82, 2.24) is 9.80 Å². The molecule has 0 bridgehead atoms. The van der Waals surface area contributed by atoms with E-state index < -0.39 is 0 Å². The molecule has 0 fully saturated rings. The fourth-order valence-electron chi connectivity index (χ4n) is 4.41. The molecule has 172 valence electrons. The summed E-state index contributed by atoms with van der Waals surface area (Å²) in [5.41, 5.74) is 0. The topological polar surface area (TPSA) is 6.48 Å². The third-order valence-corrected chi connectivity index (χ3v) is 6.45. The molecule has 2 heteroatoms. The molecule has 0 spiro atoms. The highest BCUT2D eigenvalue weighted by Crippen LogP contribution is 2.14. The normalized spacial score (nSPS) is 13.7. The van der Waals surface area contributed by atoms with Gasteiger partial charge in [-0.15, -0.1) is 0 Å². The molecule has 0 N–H and O–H groups in total. The molecule has 0 aromatic heterocycles. The largest absolute Gasteiger partial charge is 0.359 e. The Balaban J connectivity index is 1.79. The predicted molar refractivity (Wildman–Crippen MR) is 131 cm³/mol. The number of rotatable bonds is 22. The molecule has 0 unspecified atom stereocenters. The van der Waals surface area contributed by atoms with Crippen molar-refractivity contribution in [2.75, 3.05) is 19.8 Å². The smallest absolute Gasteiger partial charge is 0.0893 e. The van der Waals surface area contributed by atoms with Crippen molar-refractivity contribution in [3.05, 3.63) is 12.4 Å². The first-order chi connectivity index (χ1) is 14.4. The monoisotopic (exact) mass is 406 g/mol. The van der Waals surface area contributed by atoms with Crippen LogP contribution in [0.4, 0.5) is 0 Å². The third-order valence-electron chi connectivity index (χ3n) is 6.45. The number of unbranched alkanes of at least 4 members (excludes halogenated alkanes) is 18. The second kappa shape index (κ2) is 20.6. The van der Waals surface area contributed by atoms with Gasteiger partial charge in [0.2, 0.25) is 0 Å². The van der Waals surface area contributed by atoms with Gasteiger partial charge in [0.05, 0.1) is 6.67 Å². The average Bonchev–Trinajstić information content (AvgIpc) is 3.18. The van der Waals surface area contributed by atoms with Crippen molar-refractivity contribution in [3.8, 4) is 0 Å². The van der Waals surface area contributed by atoms with E-state index in [4.69, 9.17) is 0 Å². The first-order valence-corrected chi connectivity index (χ1v) is 13.5. The Morgan fingerprint density at radius 2 is 0.690 bits per heavy atom. The van der Waals surface area contributed by atoms with Crippen LogP contribution < -0.4 is 0 Å². The van der Waals surface area contributed by atoms with Crippen LogP contribution in [0.1, 0.15) is 142 Å². The van der Waals surface area contributed by atoms with Crippen LogP contribution in [0.2, 0.25) is 0 Å². The second-order valence-corrected chi connectivity index (χ2v) is 9.43. The van der Waals surface area contributed by atoms with Gasteiger partial charge in [0.1, 0.15) is 0 Å². The Morgan fingerprint density at radius 1 is 0.414 bits per heavy atom. The molecule has 0 aliphatic carbocycles. The van der Waals surface area contributed by atoms with Crippen LogP contribution in [0, 0.1) is 0 Å². The molecule has 2 nitrogen and oxygen atoms in total. The van der Waals surface area contributed by atoms with Crippen molar-refractivity contribution in [1.29, 1.82) is 0 Å². The van der Waals surface area contributed by atoms with Gasteiger partial charge in [0, 0.05) is 25.5 Å². The van der Waals surface area contributed by atoms with Crippen molar-refractivity contribution in [2.45, 2.75) is 142 Å². The summed E-state index contributed by atoms with van der Waals surface area (Å²) in [5.74, 6) is 0. The summed E-state index contributed by atoms with van der Waals surface area (Å²) < 4.78 is 0. The van der Waals surface area contributed by atoms with E-state index in [9.17, 15) is 0 Å². The molecule has 0 aromatic carbocycles. The van der Waals surface area contributed by atoms with E-state index in [1.165, 1.54) is 142 Å². The molecule has 29 heavy (non-hydrogen) atoms. The van der Waals surface area contributed by atoms with E-state index in [2.05, 4.69) is 36.0 Å². The zero-order valence-electron chi connectivity index (χ0n) is 20.3. The molecule has 1 aliphatic rings. The second-order valence-electron chi connectivity index (χ2n) is 9.43. The third kappa shape index (κ3) is 16.8. The first-order valence-electron chi connectivity index (χ1n) is 13.5. The van der Waals surface area contributed by atoms with Crippen LogP contribution in [-0.2, 0) is 0 Å². The maximum absolute atomic E-state index is 2.51. The maximum atomic E-state index is 2.51. The van der Waals surface area contributed by atoms with Crippen LogP contribution in [0.3, 0.4) is 0 Å². The molecule has 0 aromatic rings. The Bertz CT molecular complexity index is 352. The standard InChI is InChI=1S/C27H54N2/c1-3-5-7-9-11-13-14-15-16-18-20-22-24-29-26-25-28(27-29)23-21-19-17-12-10-8-6-4-2/h25-26H,3-24,27H2,1-2H3. The minimum Gasteiger partial charge on any atom is -0.359 e. The van der Waals surface area contributed by atoms with Gasteiger partial charge in [-0.25, -0.2) is 0 Å². The molecule has 1 heterocycles. The lowest BCUT2D eigenvalue weighted by Crippen LogP contribution is -2.26. The van der Waals surface area contributed by atoms with Gasteiger partial charge in [-0.2, -0.15) is 0 Å². The summed E-state index contributed by atoms with van der Waals surface area (Å²) in [5, 5.41) is 0. The molecular formula is C27H54N2. The Kier molecular flexibility index (Phi) is 18.7. The van der Waals surface area contributed by atoms with Crippen molar-refractivity contribution in [3.63, 3.8) is 0 Å². The summed E-state index contributed by atoms with van der Waals surface area (Å²) in [6.45, 7) is 8.23. The molecular weight excluding hydrogens is 352 g/mol. The van der Waals surface area contributed by atoms with Gasteiger partial charge < -0.3 is 9.80 Å². The lowest BCUT2D eigenvalue weighted by molar-refractivity contribution is 0.257. The van der Waals surface area contributed by atoms with E-state index >= 15 is 0 Å². The highest BCUT2D eigenvalue weighted by atomic mass is 15.3. The van der Waals surface area contributed by atoms with Gasteiger partial charge in [-0.1, -0.05) is 129 Å². The van der Waals surface area contributed by atoms with Crippen LogP contribution in [0.15, 0.2) is 12.4 Å². The minimum atomic E-state index is 1.13. The van der Waals surface area contributed by atoms with Gasteiger partial charge in [0.25, 0.3) is 0 Å². The van der Waals surface area contributed by atoms with E-state index in [0.717, 1.165) is 6.67 Å². The van der Waals surface area contributed by atoms with E-state index in [1.807, 2.05) is 0 Å². The fraction of sp³-hybridized carbons (Fsp3) is 0.926. The summed E-state index contributed by atoms with van der Waals surface area (Å²) in [4.78, 5) is 5.03. The van der Waals surface area contributed by atoms with Crippen molar-refractivity contribution < 1.29 is 0 Å². The minimum absolute atomic E-state index is 1.13. The molecule has 0 saturated carbocycles. The van der Waals surface area contributed by atoms with Gasteiger partial charge in [-0.05, 0) is 12.8 Å². The zero-order chi connectivity index (χ0) is 20.8. The Hall–Kier alpha value is -0.660. The molecule has 0 amide bonds.